The lowest BCUT2D eigenvalue weighted by molar-refractivity contribution is -0.304. The van der Waals surface area contributed by atoms with Crippen molar-refractivity contribution in [3.8, 4) is 0 Å². The second kappa shape index (κ2) is 21.9. The maximum Gasteiger partial charge on any atom is 0.407 e. The average Bonchev–Trinajstić information content (AvgIpc) is 3.16. The van der Waals surface area contributed by atoms with Gasteiger partial charge in [-0.25, -0.2) is 4.79 Å². The number of alkyl carbamates (subject to hydrolysis) is 1. The fourth-order valence-corrected chi connectivity index (χ4v) is 9.59. The zero-order valence-electron chi connectivity index (χ0n) is 38.2. The van der Waals surface area contributed by atoms with Crippen molar-refractivity contribution in [2.45, 2.75) is 185 Å². The van der Waals surface area contributed by atoms with E-state index in [9.17, 15) is 29.7 Å². The van der Waals surface area contributed by atoms with Crippen LogP contribution in [0.25, 0.3) is 0 Å². The van der Waals surface area contributed by atoms with Crippen molar-refractivity contribution in [2.24, 2.45) is 23.7 Å². The maximum atomic E-state index is 14.4. The van der Waals surface area contributed by atoms with E-state index in [0.29, 0.717) is 32.4 Å². The number of aliphatic hydroxyl groups is 3. The van der Waals surface area contributed by atoms with Crippen molar-refractivity contribution in [1.29, 1.82) is 0 Å². The summed E-state index contributed by atoms with van der Waals surface area (Å²) in [4.78, 5) is 43.1. The van der Waals surface area contributed by atoms with Gasteiger partial charge in [-0.3, -0.25) is 9.59 Å². The predicted octanol–water partition coefficient (Wildman–Crippen LogP) is 3.63. The number of methoxy groups -OCH3 is 3. The average molecular weight is 847 g/mol. The van der Waals surface area contributed by atoms with E-state index in [0.717, 1.165) is 0 Å². The lowest BCUT2D eigenvalue weighted by Crippen LogP contribution is -2.61. The van der Waals surface area contributed by atoms with Crippen LogP contribution in [0.4, 0.5) is 4.79 Å². The third-order valence-electron chi connectivity index (χ3n) is 13.1. The number of ketones is 1. The normalized spacial score (nSPS) is 43.2. The first kappa shape index (κ1) is 51.4. The van der Waals surface area contributed by atoms with Crippen molar-refractivity contribution >= 4 is 17.8 Å². The number of Topliss-reactive ketones (excluding diaryl/α,β-unsaturated/α-hetero) is 1. The molecule has 3 fully saturated rings. The van der Waals surface area contributed by atoms with Crippen LogP contribution in [0.2, 0.25) is 0 Å². The maximum absolute atomic E-state index is 14.4. The van der Waals surface area contributed by atoms with Crippen molar-refractivity contribution in [1.82, 2.24) is 10.2 Å². The molecule has 2 aliphatic heterocycles. The van der Waals surface area contributed by atoms with Gasteiger partial charge in [0.15, 0.2) is 6.29 Å². The molecule has 0 aromatic carbocycles. The summed E-state index contributed by atoms with van der Waals surface area (Å²) < 4.78 is 49.1. The number of hydrogen-bond donors (Lipinski definition) is 4. The Kier molecular flexibility index (Phi) is 19.0. The number of rotatable bonds is 13. The van der Waals surface area contributed by atoms with Gasteiger partial charge in [0.2, 0.25) is 0 Å². The highest BCUT2D eigenvalue weighted by Crippen LogP contribution is 2.42. The monoisotopic (exact) mass is 847 g/mol. The van der Waals surface area contributed by atoms with Gasteiger partial charge < -0.3 is 63.4 Å². The molecule has 2 saturated heterocycles. The quantitative estimate of drug-likeness (QED) is 0.155. The zero-order valence-corrected chi connectivity index (χ0v) is 38.2. The van der Waals surface area contributed by atoms with E-state index in [1.165, 1.54) is 21.1 Å². The molecule has 0 bridgehead atoms. The number of ether oxygens (including phenoxy) is 8. The summed E-state index contributed by atoms with van der Waals surface area (Å²) in [6.07, 6.45) is -6.63. The molecule has 0 aromatic rings. The van der Waals surface area contributed by atoms with Gasteiger partial charge in [-0.15, -0.1) is 0 Å². The molecule has 2 heterocycles. The number of nitrogens with one attached hydrogen (secondary N) is 1. The summed E-state index contributed by atoms with van der Waals surface area (Å²) in [6.45, 7) is 16.7. The zero-order chi connectivity index (χ0) is 44.6. The summed E-state index contributed by atoms with van der Waals surface area (Å²) in [6, 6.07) is -0.286. The number of carbonyl (C=O) groups excluding carboxylic acids is 3. The molecule has 4 N–H and O–H groups in total. The Bertz CT molecular complexity index is 1350. The van der Waals surface area contributed by atoms with Crippen LogP contribution in [0.1, 0.15) is 107 Å². The van der Waals surface area contributed by atoms with Crippen LogP contribution in [-0.4, -0.2) is 165 Å². The Labute approximate surface area is 352 Å². The molecule has 17 atom stereocenters. The van der Waals surface area contributed by atoms with Gasteiger partial charge in [0.05, 0.1) is 42.0 Å². The second-order valence-corrected chi connectivity index (χ2v) is 18.4. The van der Waals surface area contributed by atoms with Crippen LogP contribution < -0.4 is 5.32 Å². The van der Waals surface area contributed by atoms with Crippen molar-refractivity contribution in [2.75, 3.05) is 48.6 Å². The standard InChI is InChI=1S/C43H78N2O14/c1-15-32-43(9,51)33(53-13)21-31(46)25(3)22-42(8,54-14)37(58-39-34(47)30(45(10)11)20-26(4)55-39)27(5)35(28(6)38(48)57-32)56-29-19-24(2)36(41(7,50)23-29)59-40(49)44-17-16-18-52-12/h24-30,32-37,39,47,50-51H,15-23H2,1-14H3,(H,44,49)/t24-,25-,26-,27+,28-,29-,30+,32-,33-,34-,35+,36+,37-,39+,41-,42+,43-/m1/s1. The first-order valence-corrected chi connectivity index (χ1v) is 21.5. The Morgan fingerprint density at radius 1 is 0.966 bits per heavy atom. The molecule has 3 rings (SSSR count). The predicted molar refractivity (Wildman–Crippen MR) is 218 cm³/mol. The highest BCUT2D eigenvalue weighted by molar-refractivity contribution is 5.81. The molecule has 0 unspecified atom stereocenters. The first-order valence-electron chi connectivity index (χ1n) is 21.5. The van der Waals surface area contributed by atoms with Gasteiger partial charge >= 0.3 is 12.1 Å². The molecular formula is C43H78N2O14. The van der Waals surface area contributed by atoms with Crippen molar-refractivity contribution in [3.05, 3.63) is 0 Å². The molecule has 16 nitrogen and oxygen atoms in total. The molecular weight excluding hydrogens is 768 g/mol. The molecule has 1 amide bonds. The van der Waals surface area contributed by atoms with Gasteiger partial charge in [-0.2, -0.15) is 0 Å². The van der Waals surface area contributed by atoms with E-state index >= 15 is 0 Å². The Hall–Kier alpha value is -1.99. The van der Waals surface area contributed by atoms with E-state index in [1.54, 1.807) is 34.8 Å². The topological polar surface area (TPSA) is 201 Å². The van der Waals surface area contributed by atoms with Crippen LogP contribution in [-0.2, 0) is 47.5 Å². The SMILES string of the molecule is CC[C@H]1OC(=O)[C@H](C)[C@@H](O[C@@H]2C[C@@H](C)[C@H](OC(=O)NCCCOC)[C@](C)(O)C2)[C@H](C)[C@@H](O[C@@H]2O[C@H](C)C[C@H](N(C)C)[C@H]2O)[C@@](C)(OC)C[C@@H](C)C(=O)C[C@@H](OC)[C@]1(C)O. The molecule has 344 valence electrons. The number of aliphatic hydroxyl groups excluding tert-OH is 1. The second-order valence-electron chi connectivity index (χ2n) is 18.4. The number of cyclic esters (lactones) is 1. The van der Waals surface area contributed by atoms with Crippen LogP contribution in [0, 0.1) is 23.7 Å². The molecule has 0 aromatic heterocycles. The van der Waals surface area contributed by atoms with Gasteiger partial charge in [0, 0.05) is 65.2 Å². The lowest BCUT2D eigenvalue weighted by Gasteiger charge is -2.49. The molecule has 0 radical (unpaired) electrons. The minimum atomic E-state index is -1.73. The minimum absolute atomic E-state index is 0.0663. The number of amides is 1. The summed E-state index contributed by atoms with van der Waals surface area (Å²) in [5, 5.41) is 38.1. The van der Waals surface area contributed by atoms with Gasteiger partial charge in [-0.05, 0) is 86.7 Å². The fourth-order valence-electron chi connectivity index (χ4n) is 9.59. The van der Waals surface area contributed by atoms with Crippen LogP contribution in [0.5, 0.6) is 0 Å². The number of carbonyl (C=O) groups is 3. The summed E-state index contributed by atoms with van der Waals surface area (Å²) in [5.74, 6) is -3.48. The van der Waals surface area contributed by atoms with Crippen molar-refractivity contribution < 1.29 is 67.6 Å². The van der Waals surface area contributed by atoms with E-state index < -0.39 is 95.6 Å². The van der Waals surface area contributed by atoms with E-state index in [-0.39, 0.29) is 49.5 Å². The highest BCUT2D eigenvalue weighted by Gasteiger charge is 2.53. The lowest BCUT2D eigenvalue weighted by atomic mass is 9.74. The number of nitrogens with zero attached hydrogens (tertiary/aromatic N) is 1. The number of hydrogen-bond acceptors (Lipinski definition) is 15. The van der Waals surface area contributed by atoms with Gasteiger partial charge in [0.25, 0.3) is 0 Å². The minimum Gasteiger partial charge on any atom is -0.459 e. The highest BCUT2D eigenvalue weighted by atomic mass is 16.7. The molecule has 1 saturated carbocycles. The van der Waals surface area contributed by atoms with Crippen LogP contribution in [0.3, 0.4) is 0 Å². The summed E-state index contributed by atoms with van der Waals surface area (Å²) in [5.41, 5.74) is -4.46. The Morgan fingerprint density at radius 3 is 2.19 bits per heavy atom. The van der Waals surface area contributed by atoms with Gasteiger partial charge in [-0.1, -0.05) is 27.7 Å². The van der Waals surface area contributed by atoms with Crippen LogP contribution >= 0.6 is 0 Å². The Balaban J connectivity index is 2.13. The summed E-state index contributed by atoms with van der Waals surface area (Å²) in [7, 11) is 8.29. The van der Waals surface area contributed by atoms with Crippen molar-refractivity contribution in [3.63, 3.8) is 0 Å². The first-order chi connectivity index (χ1) is 27.5. The number of esters is 1. The molecule has 16 heteroatoms. The molecule has 1 aliphatic carbocycles. The van der Waals surface area contributed by atoms with E-state index in [1.807, 2.05) is 46.7 Å². The van der Waals surface area contributed by atoms with Crippen LogP contribution in [0.15, 0.2) is 0 Å². The molecule has 0 spiro atoms. The largest absolute Gasteiger partial charge is 0.459 e. The Morgan fingerprint density at radius 2 is 1.63 bits per heavy atom. The third kappa shape index (κ3) is 12.8. The molecule has 59 heavy (non-hydrogen) atoms. The fraction of sp³-hybridized carbons (Fsp3) is 0.930. The third-order valence-corrected chi connectivity index (χ3v) is 13.1. The summed E-state index contributed by atoms with van der Waals surface area (Å²) >= 11 is 0. The van der Waals surface area contributed by atoms with E-state index in [2.05, 4.69) is 5.32 Å². The van der Waals surface area contributed by atoms with E-state index in [4.69, 9.17) is 37.9 Å². The van der Waals surface area contributed by atoms with Gasteiger partial charge in [0.1, 0.15) is 35.3 Å². The number of likely N-dealkylation sites (N-methyl/N-ethyl adjacent to an activating group) is 1. The molecule has 3 aliphatic rings. The smallest absolute Gasteiger partial charge is 0.407 e.